The van der Waals surface area contributed by atoms with E-state index >= 15 is 0 Å². The normalized spacial score (nSPS) is 13.3. The van der Waals surface area contributed by atoms with E-state index in [4.69, 9.17) is 9.47 Å². The maximum atomic E-state index is 13.0. The number of nitrogens with one attached hydrogen (secondary N) is 2. The van der Waals surface area contributed by atoms with Gasteiger partial charge in [0.15, 0.2) is 6.23 Å². The number of amides is 1. The molecule has 0 radical (unpaired) electrons. The monoisotopic (exact) mass is 494 g/mol. The van der Waals surface area contributed by atoms with Gasteiger partial charge in [-0.15, -0.1) is 0 Å². The number of aliphatic hydroxyl groups is 1. The minimum atomic E-state index is -1.25. The van der Waals surface area contributed by atoms with Crippen molar-refractivity contribution in [3.8, 4) is 0 Å². The summed E-state index contributed by atoms with van der Waals surface area (Å²) < 4.78 is 10.7. The smallest absolute Gasteiger partial charge is 0.339 e. The first-order valence-electron chi connectivity index (χ1n) is 12.9. The van der Waals surface area contributed by atoms with Gasteiger partial charge in [0.1, 0.15) is 11.9 Å². The lowest BCUT2D eigenvalue weighted by atomic mass is 10.0. The molecule has 2 atom stereocenters. The fourth-order valence-electron chi connectivity index (χ4n) is 3.21. The molecule has 35 heavy (non-hydrogen) atoms. The highest BCUT2D eigenvalue weighted by Crippen LogP contribution is 2.22. The predicted molar refractivity (Wildman–Crippen MR) is 138 cm³/mol. The number of unbranched alkanes of at least 4 members (excludes halogenated alkanes) is 6. The number of esters is 2. The van der Waals surface area contributed by atoms with Crippen LogP contribution in [-0.2, 0) is 23.9 Å². The van der Waals surface area contributed by atoms with Crippen molar-refractivity contribution >= 4 is 17.8 Å². The Balaban J connectivity index is 5.46. The van der Waals surface area contributed by atoms with E-state index < -0.39 is 30.2 Å². The van der Waals surface area contributed by atoms with Gasteiger partial charge < -0.3 is 19.9 Å². The molecular formula is C27H46N2O6. The number of rotatable bonds is 20. The van der Waals surface area contributed by atoms with Crippen molar-refractivity contribution in [2.24, 2.45) is 0 Å². The van der Waals surface area contributed by atoms with Crippen LogP contribution in [0.2, 0.25) is 0 Å². The van der Waals surface area contributed by atoms with E-state index in [0.717, 1.165) is 38.2 Å². The third-order valence-electron chi connectivity index (χ3n) is 5.38. The van der Waals surface area contributed by atoms with Crippen LogP contribution < -0.4 is 10.6 Å². The third kappa shape index (κ3) is 14.5. The molecule has 8 heteroatoms. The summed E-state index contributed by atoms with van der Waals surface area (Å²) in [6.45, 7) is 15.9. The molecule has 0 rings (SSSR count). The summed E-state index contributed by atoms with van der Waals surface area (Å²) in [5.74, 6) is -2.29. The SMILES string of the molecule is C=CC(=O)O/C(=C(\CC(=C)C(=O)NCCCCCCCC)C(=O)OC(C)NCCCC)C(O)CC. The zero-order valence-electron chi connectivity index (χ0n) is 22.1. The fraction of sp³-hybridized carbons (Fsp3) is 0.667. The van der Waals surface area contributed by atoms with Gasteiger partial charge in [0.2, 0.25) is 5.91 Å². The minimum Gasteiger partial charge on any atom is -0.443 e. The first-order chi connectivity index (χ1) is 16.7. The highest BCUT2D eigenvalue weighted by atomic mass is 16.6. The maximum Gasteiger partial charge on any atom is 0.339 e. The number of hydrogen-bond donors (Lipinski definition) is 3. The summed E-state index contributed by atoms with van der Waals surface area (Å²) >= 11 is 0. The zero-order valence-corrected chi connectivity index (χ0v) is 22.1. The summed E-state index contributed by atoms with van der Waals surface area (Å²) in [4.78, 5) is 37.5. The van der Waals surface area contributed by atoms with E-state index in [-0.39, 0.29) is 29.7 Å². The highest BCUT2D eigenvalue weighted by Gasteiger charge is 2.28. The maximum absolute atomic E-state index is 13.0. The molecule has 0 saturated carbocycles. The lowest BCUT2D eigenvalue weighted by Crippen LogP contribution is -2.34. The molecule has 0 aliphatic carbocycles. The zero-order chi connectivity index (χ0) is 26.6. The number of aliphatic hydroxyl groups excluding tert-OH is 1. The Morgan fingerprint density at radius 1 is 0.971 bits per heavy atom. The lowest BCUT2D eigenvalue weighted by molar-refractivity contribution is -0.145. The fourth-order valence-corrected chi connectivity index (χ4v) is 3.21. The van der Waals surface area contributed by atoms with Gasteiger partial charge in [-0.2, -0.15) is 0 Å². The van der Waals surface area contributed by atoms with E-state index in [1.807, 2.05) is 0 Å². The van der Waals surface area contributed by atoms with E-state index in [1.165, 1.54) is 19.3 Å². The van der Waals surface area contributed by atoms with E-state index in [2.05, 4.69) is 37.6 Å². The van der Waals surface area contributed by atoms with Crippen molar-refractivity contribution in [1.82, 2.24) is 10.6 Å². The molecule has 0 aromatic heterocycles. The number of hydrogen-bond acceptors (Lipinski definition) is 7. The first kappa shape index (κ1) is 32.5. The Morgan fingerprint density at radius 3 is 2.20 bits per heavy atom. The molecule has 8 nitrogen and oxygen atoms in total. The van der Waals surface area contributed by atoms with Crippen molar-refractivity contribution < 1.29 is 29.0 Å². The van der Waals surface area contributed by atoms with Crippen molar-refractivity contribution in [3.05, 3.63) is 36.1 Å². The van der Waals surface area contributed by atoms with Gasteiger partial charge in [0.05, 0.1) is 5.57 Å². The van der Waals surface area contributed by atoms with Gasteiger partial charge in [-0.05, 0) is 32.7 Å². The average Bonchev–Trinajstić information content (AvgIpc) is 2.84. The number of carbonyl (C=O) groups is 3. The van der Waals surface area contributed by atoms with Crippen LogP contribution in [-0.4, -0.2) is 48.4 Å². The van der Waals surface area contributed by atoms with Crippen LogP contribution in [0, 0.1) is 0 Å². The summed E-state index contributed by atoms with van der Waals surface area (Å²) in [5.41, 5.74) is -0.0246. The van der Waals surface area contributed by atoms with Crippen LogP contribution in [0.25, 0.3) is 0 Å². The quantitative estimate of drug-likeness (QED) is 0.0753. The second-order valence-electron chi connectivity index (χ2n) is 8.55. The van der Waals surface area contributed by atoms with E-state index in [9.17, 15) is 19.5 Å². The molecule has 0 aliphatic heterocycles. The van der Waals surface area contributed by atoms with E-state index in [0.29, 0.717) is 13.1 Å². The summed E-state index contributed by atoms with van der Waals surface area (Å²) in [7, 11) is 0. The van der Waals surface area contributed by atoms with Gasteiger partial charge in [-0.3, -0.25) is 10.1 Å². The molecule has 0 fully saturated rings. The van der Waals surface area contributed by atoms with Crippen LogP contribution in [0.1, 0.15) is 91.9 Å². The molecule has 200 valence electrons. The first-order valence-corrected chi connectivity index (χ1v) is 12.9. The largest absolute Gasteiger partial charge is 0.443 e. The average molecular weight is 495 g/mol. The van der Waals surface area contributed by atoms with Crippen LogP contribution in [0.5, 0.6) is 0 Å². The minimum absolute atomic E-state index is 0.102. The molecule has 0 aromatic rings. The molecule has 2 unspecified atom stereocenters. The second kappa shape index (κ2) is 19.8. The van der Waals surface area contributed by atoms with Crippen LogP contribution in [0.4, 0.5) is 0 Å². The van der Waals surface area contributed by atoms with Crippen LogP contribution in [0.15, 0.2) is 36.1 Å². The van der Waals surface area contributed by atoms with Crippen molar-refractivity contribution in [1.29, 1.82) is 0 Å². The molecule has 0 bridgehead atoms. The molecule has 0 heterocycles. The van der Waals surface area contributed by atoms with Gasteiger partial charge in [0, 0.05) is 24.6 Å². The highest BCUT2D eigenvalue weighted by molar-refractivity contribution is 5.97. The Labute approximate surface area is 211 Å². The second-order valence-corrected chi connectivity index (χ2v) is 8.55. The predicted octanol–water partition coefficient (Wildman–Crippen LogP) is 4.44. The van der Waals surface area contributed by atoms with Gasteiger partial charge in [-0.25, -0.2) is 9.59 Å². The molecule has 0 spiro atoms. The van der Waals surface area contributed by atoms with Crippen molar-refractivity contribution in [2.75, 3.05) is 13.1 Å². The Hall–Kier alpha value is -2.45. The standard InChI is InChI=1S/C27H46N2O6/c1-7-11-13-14-15-16-18-29-26(32)20(5)19-22(25(23(30)9-3)35-24(31)10-4)27(33)34-21(6)28-17-12-8-2/h10,21,23,28,30H,4-5,7-9,11-19H2,1-3,6H3,(H,29,32)/b25-22+. The lowest BCUT2D eigenvalue weighted by Gasteiger charge is -2.21. The Bertz CT molecular complexity index is 716. The summed E-state index contributed by atoms with van der Waals surface area (Å²) in [6, 6.07) is 0. The van der Waals surface area contributed by atoms with Gasteiger partial charge in [-0.1, -0.05) is 72.5 Å². The van der Waals surface area contributed by atoms with Crippen molar-refractivity contribution in [3.63, 3.8) is 0 Å². The molecular weight excluding hydrogens is 448 g/mol. The summed E-state index contributed by atoms with van der Waals surface area (Å²) in [5, 5.41) is 16.4. The summed E-state index contributed by atoms with van der Waals surface area (Å²) in [6.07, 6.45) is 7.49. The molecule has 0 aliphatic rings. The Kier molecular flexibility index (Phi) is 18.4. The third-order valence-corrected chi connectivity index (χ3v) is 5.38. The van der Waals surface area contributed by atoms with Crippen LogP contribution >= 0.6 is 0 Å². The number of carbonyl (C=O) groups excluding carboxylic acids is 3. The topological polar surface area (TPSA) is 114 Å². The van der Waals surface area contributed by atoms with Crippen LogP contribution in [0.3, 0.4) is 0 Å². The molecule has 1 amide bonds. The van der Waals surface area contributed by atoms with Gasteiger partial charge >= 0.3 is 11.9 Å². The number of ether oxygens (including phenoxy) is 2. The Morgan fingerprint density at radius 2 is 1.60 bits per heavy atom. The molecule has 0 saturated heterocycles. The molecule has 3 N–H and O–H groups in total. The van der Waals surface area contributed by atoms with Gasteiger partial charge in [0.25, 0.3) is 0 Å². The van der Waals surface area contributed by atoms with Crippen molar-refractivity contribution in [2.45, 2.75) is 104 Å². The molecule has 0 aromatic carbocycles. The van der Waals surface area contributed by atoms with E-state index in [1.54, 1.807) is 13.8 Å².